The lowest BCUT2D eigenvalue weighted by molar-refractivity contribution is -0.148. The zero-order valence-electron chi connectivity index (χ0n) is 17.1. The Hall–Kier alpha value is -2.13. The summed E-state index contributed by atoms with van der Waals surface area (Å²) in [6, 6.07) is 21.6. The molecule has 5 rings (SSSR count). The molecule has 3 atom stereocenters. The highest BCUT2D eigenvalue weighted by Gasteiger charge is 2.61. The van der Waals surface area contributed by atoms with Gasteiger partial charge in [0.25, 0.3) is 0 Å². The second-order valence-electron chi connectivity index (χ2n) is 9.09. The van der Waals surface area contributed by atoms with Gasteiger partial charge in [0.1, 0.15) is 0 Å². The number of ether oxygens (including phenoxy) is 1. The van der Waals surface area contributed by atoms with Crippen molar-refractivity contribution in [3.05, 3.63) is 71.8 Å². The Morgan fingerprint density at radius 3 is 2.24 bits per heavy atom. The van der Waals surface area contributed by atoms with E-state index in [9.17, 15) is 4.79 Å². The Labute approximate surface area is 174 Å². The van der Waals surface area contributed by atoms with Gasteiger partial charge in [-0.3, -0.25) is 9.69 Å². The van der Waals surface area contributed by atoms with Gasteiger partial charge in [-0.2, -0.15) is 0 Å². The van der Waals surface area contributed by atoms with Crippen LogP contribution in [0.3, 0.4) is 0 Å². The molecule has 0 radical (unpaired) electrons. The van der Waals surface area contributed by atoms with E-state index in [-0.39, 0.29) is 17.3 Å². The van der Waals surface area contributed by atoms with Gasteiger partial charge in [0.05, 0.1) is 12.5 Å². The molecule has 1 aliphatic carbocycles. The SMILES string of the molecule is O=C(OC[C@H]1CCCN2CCCC[C@H]12)[C@H]1CC1(c1ccccc1)c1ccccc1. The van der Waals surface area contributed by atoms with E-state index in [0.717, 1.165) is 6.42 Å². The second-order valence-corrected chi connectivity index (χ2v) is 9.09. The molecular formula is C26H31NO2. The molecule has 0 spiro atoms. The summed E-state index contributed by atoms with van der Waals surface area (Å²) in [5.74, 6) is 0.429. The van der Waals surface area contributed by atoms with Crippen LogP contribution in [0.4, 0.5) is 0 Å². The Morgan fingerprint density at radius 2 is 1.55 bits per heavy atom. The predicted molar refractivity (Wildman–Crippen MR) is 115 cm³/mol. The third-order valence-corrected chi connectivity index (χ3v) is 7.49. The van der Waals surface area contributed by atoms with E-state index >= 15 is 0 Å². The summed E-state index contributed by atoms with van der Waals surface area (Å²) in [5.41, 5.74) is 2.23. The normalized spacial score (nSPS) is 28.3. The molecule has 2 aromatic carbocycles. The maximum absolute atomic E-state index is 13.1. The lowest BCUT2D eigenvalue weighted by Crippen LogP contribution is -2.49. The largest absolute Gasteiger partial charge is 0.465 e. The van der Waals surface area contributed by atoms with Crippen LogP contribution in [0.5, 0.6) is 0 Å². The first-order valence-electron chi connectivity index (χ1n) is 11.3. The van der Waals surface area contributed by atoms with E-state index in [1.54, 1.807) is 0 Å². The molecule has 2 heterocycles. The van der Waals surface area contributed by atoms with Crippen LogP contribution in [0.2, 0.25) is 0 Å². The molecule has 0 aromatic heterocycles. The number of rotatable bonds is 5. The first-order chi connectivity index (χ1) is 14.3. The quantitative estimate of drug-likeness (QED) is 0.688. The Kier molecular flexibility index (Phi) is 5.17. The van der Waals surface area contributed by atoms with Crippen molar-refractivity contribution in [1.82, 2.24) is 4.90 Å². The minimum Gasteiger partial charge on any atom is -0.465 e. The molecular weight excluding hydrogens is 358 g/mol. The van der Waals surface area contributed by atoms with Crippen LogP contribution in [-0.2, 0) is 14.9 Å². The van der Waals surface area contributed by atoms with Crippen molar-refractivity contribution in [3.63, 3.8) is 0 Å². The molecule has 0 N–H and O–H groups in total. The molecule has 152 valence electrons. The number of nitrogens with zero attached hydrogens (tertiary/aromatic N) is 1. The monoisotopic (exact) mass is 389 g/mol. The molecule has 3 nitrogen and oxygen atoms in total. The highest BCUT2D eigenvalue weighted by Crippen LogP contribution is 2.59. The van der Waals surface area contributed by atoms with Crippen molar-refractivity contribution in [3.8, 4) is 0 Å². The zero-order valence-corrected chi connectivity index (χ0v) is 17.1. The predicted octanol–water partition coefficient (Wildman–Crippen LogP) is 4.80. The van der Waals surface area contributed by atoms with Crippen molar-refractivity contribution in [2.24, 2.45) is 11.8 Å². The van der Waals surface area contributed by atoms with Gasteiger partial charge in [-0.25, -0.2) is 0 Å². The topological polar surface area (TPSA) is 29.5 Å². The third-order valence-electron chi connectivity index (χ3n) is 7.49. The fraction of sp³-hybridized carbons (Fsp3) is 0.500. The molecule has 29 heavy (non-hydrogen) atoms. The van der Waals surface area contributed by atoms with Gasteiger partial charge >= 0.3 is 5.97 Å². The molecule has 0 unspecified atom stereocenters. The number of hydrogen-bond donors (Lipinski definition) is 0. The molecule has 3 heteroatoms. The zero-order chi connectivity index (χ0) is 19.7. The highest BCUT2D eigenvalue weighted by atomic mass is 16.5. The van der Waals surface area contributed by atoms with E-state index in [1.807, 2.05) is 12.1 Å². The Bertz CT molecular complexity index is 793. The van der Waals surface area contributed by atoms with Gasteiger partial charge < -0.3 is 4.74 Å². The lowest BCUT2D eigenvalue weighted by atomic mass is 9.84. The van der Waals surface area contributed by atoms with E-state index < -0.39 is 0 Å². The van der Waals surface area contributed by atoms with E-state index in [0.29, 0.717) is 18.6 Å². The maximum atomic E-state index is 13.1. The van der Waals surface area contributed by atoms with E-state index in [2.05, 4.69) is 53.4 Å². The molecule has 1 saturated carbocycles. The summed E-state index contributed by atoms with van der Waals surface area (Å²) < 4.78 is 5.99. The van der Waals surface area contributed by atoms with Crippen molar-refractivity contribution < 1.29 is 9.53 Å². The summed E-state index contributed by atoms with van der Waals surface area (Å²) in [4.78, 5) is 15.8. The minimum absolute atomic E-state index is 0.00867. The lowest BCUT2D eigenvalue weighted by Gasteiger charge is -2.44. The van der Waals surface area contributed by atoms with Crippen molar-refractivity contribution in [2.75, 3.05) is 19.7 Å². The van der Waals surface area contributed by atoms with Crippen LogP contribution >= 0.6 is 0 Å². The van der Waals surface area contributed by atoms with Gasteiger partial charge in [-0.05, 0) is 56.3 Å². The van der Waals surface area contributed by atoms with Crippen LogP contribution < -0.4 is 0 Å². The third kappa shape index (κ3) is 3.50. The molecule has 3 fully saturated rings. The van der Waals surface area contributed by atoms with Crippen molar-refractivity contribution in [1.29, 1.82) is 0 Å². The number of carbonyl (C=O) groups is 1. The molecule has 3 aliphatic rings. The molecule has 2 saturated heterocycles. The fourth-order valence-electron chi connectivity index (χ4n) is 5.88. The summed E-state index contributed by atoms with van der Waals surface area (Å²) >= 11 is 0. The number of benzene rings is 2. The van der Waals surface area contributed by atoms with E-state index in [4.69, 9.17) is 4.74 Å². The van der Waals surface area contributed by atoms with Crippen LogP contribution in [0.15, 0.2) is 60.7 Å². The van der Waals surface area contributed by atoms with Crippen LogP contribution in [0.1, 0.15) is 49.7 Å². The minimum atomic E-state index is -0.219. The van der Waals surface area contributed by atoms with Gasteiger partial charge in [0.15, 0.2) is 0 Å². The molecule has 0 amide bonds. The smallest absolute Gasteiger partial charge is 0.310 e. The van der Waals surface area contributed by atoms with Crippen LogP contribution in [-0.4, -0.2) is 36.6 Å². The van der Waals surface area contributed by atoms with Crippen molar-refractivity contribution in [2.45, 2.75) is 50.0 Å². The maximum Gasteiger partial charge on any atom is 0.310 e. The summed E-state index contributed by atoms with van der Waals surface area (Å²) in [6.07, 6.45) is 7.19. The second kappa shape index (κ2) is 7.95. The molecule has 0 bridgehead atoms. The highest BCUT2D eigenvalue weighted by molar-refractivity contribution is 5.81. The van der Waals surface area contributed by atoms with Crippen LogP contribution in [0, 0.1) is 11.8 Å². The molecule has 2 aromatic rings. The average Bonchev–Trinajstić information content (AvgIpc) is 3.56. The number of carbonyl (C=O) groups excluding carboxylic acids is 1. The van der Waals surface area contributed by atoms with Gasteiger partial charge in [-0.15, -0.1) is 0 Å². The van der Waals surface area contributed by atoms with Crippen molar-refractivity contribution >= 4 is 5.97 Å². The van der Waals surface area contributed by atoms with Crippen LogP contribution in [0.25, 0.3) is 0 Å². The van der Waals surface area contributed by atoms with Gasteiger partial charge in [0, 0.05) is 17.4 Å². The Balaban J connectivity index is 1.30. The summed E-state index contributed by atoms with van der Waals surface area (Å²) in [5, 5.41) is 0. The summed E-state index contributed by atoms with van der Waals surface area (Å²) in [6.45, 7) is 3.04. The van der Waals surface area contributed by atoms with Gasteiger partial charge in [-0.1, -0.05) is 67.1 Å². The number of hydrogen-bond acceptors (Lipinski definition) is 3. The number of esters is 1. The Morgan fingerprint density at radius 1 is 0.897 bits per heavy atom. The number of piperidine rings is 2. The summed E-state index contributed by atoms with van der Waals surface area (Å²) in [7, 11) is 0. The standard InChI is InChI=1S/C26H31NO2/c28-25(29-19-20-10-9-17-27-16-8-7-15-24(20)27)23-18-26(23,21-11-3-1-4-12-21)22-13-5-2-6-14-22/h1-6,11-14,20,23-24H,7-10,15-19H2/t20-,23-,24-/m1/s1. The van der Waals surface area contributed by atoms with E-state index in [1.165, 1.54) is 56.3 Å². The first-order valence-corrected chi connectivity index (χ1v) is 11.3. The fourth-order valence-corrected chi connectivity index (χ4v) is 5.88. The molecule has 2 aliphatic heterocycles. The first kappa shape index (κ1) is 18.9. The average molecular weight is 390 g/mol. The number of fused-ring (bicyclic) bond motifs is 1. The van der Waals surface area contributed by atoms with Gasteiger partial charge in [0.2, 0.25) is 0 Å².